The number of amides is 1. The van der Waals surface area contributed by atoms with Crippen LogP contribution in [0.3, 0.4) is 0 Å². The lowest BCUT2D eigenvalue weighted by atomic mass is 9.93. The molecule has 0 spiro atoms. The second-order valence-corrected chi connectivity index (χ2v) is 9.77. The molecule has 0 saturated heterocycles. The van der Waals surface area contributed by atoms with Crippen molar-refractivity contribution in [3.8, 4) is 0 Å². The molecule has 0 aliphatic carbocycles. The number of quaternary nitrogens is 1. The van der Waals surface area contributed by atoms with Gasteiger partial charge in [0.05, 0.1) is 33.7 Å². The maximum absolute atomic E-state index is 12.4. The van der Waals surface area contributed by atoms with Gasteiger partial charge in [0.15, 0.2) is 0 Å². The Kier molecular flexibility index (Phi) is 10.8. The Morgan fingerprint density at radius 1 is 1.04 bits per heavy atom. The average Bonchev–Trinajstić information content (AvgIpc) is 2.60. The van der Waals surface area contributed by atoms with Crippen LogP contribution < -0.4 is 5.32 Å². The monoisotopic (exact) mass is 390 g/mol. The molecule has 1 unspecified atom stereocenters. The first-order valence-corrected chi connectivity index (χ1v) is 10.9. The zero-order valence-corrected chi connectivity index (χ0v) is 19.4. The highest BCUT2D eigenvalue weighted by molar-refractivity contribution is 5.94. The Morgan fingerprint density at radius 2 is 1.68 bits per heavy atom. The summed E-state index contributed by atoms with van der Waals surface area (Å²) in [6, 6.07) is 8.17. The van der Waals surface area contributed by atoms with Crippen molar-refractivity contribution in [2.75, 3.05) is 54.4 Å². The van der Waals surface area contributed by atoms with E-state index in [9.17, 15) is 4.79 Å². The van der Waals surface area contributed by atoms with E-state index < -0.39 is 0 Å². The Balaban J connectivity index is 2.38. The summed E-state index contributed by atoms with van der Waals surface area (Å²) in [5, 5.41) is 3.07. The summed E-state index contributed by atoms with van der Waals surface area (Å²) >= 11 is 0. The van der Waals surface area contributed by atoms with Crippen LogP contribution in [0, 0.1) is 11.8 Å². The number of carbonyl (C=O) groups is 1. The Bertz CT molecular complexity index is 564. The second kappa shape index (κ2) is 12.2. The van der Waals surface area contributed by atoms with Crippen molar-refractivity contribution >= 4 is 5.91 Å². The van der Waals surface area contributed by atoms with Crippen LogP contribution in [-0.2, 0) is 6.42 Å². The highest BCUT2D eigenvalue weighted by atomic mass is 16.1. The second-order valence-electron chi connectivity index (χ2n) is 9.77. The molecule has 0 aliphatic rings. The highest BCUT2D eigenvalue weighted by Gasteiger charge is 2.15. The SMILES string of the molecule is CC(C)CCCC(C)Cc1ccc(C(=O)NCC[N+](C)(C)CCN(C)C)cc1. The van der Waals surface area contributed by atoms with Gasteiger partial charge in [0.2, 0.25) is 0 Å². The molecule has 0 heterocycles. The smallest absolute Gasteiger partial charge is 0.251 e. The van der Waals surface area contributed by atoms with Crippen LogP contribution in [-0.4, -0.2) is 69.7 Å². The van der Waals surface area contributed by atoms with Crippen molar-refractivity contribution in [3.05, 3.63) is 35.4 Å². The summed E-state index contributed by atoms with van der Waals surface area (Å²) in [7, 11) is 8.62. The number of likely N-dealkylation sites (N-methyl/N-ethyl adjacent to an activating group) is 2. The third-order valence-corrected chi connectivity index (χ3v) is 5.43. The summed E-state index contributed by atoms with van der Waals surface area (Å²) in [5.74, 6) is 1.52. The van der Waals surface area contributed by atoms with Crippen molar-refractivity contribution in [1.82, 2.24) is 10.2 Å². The van der Waals surface area contributed by atoms with E-state index in [2.05, 4.69) is 71.3 Å². The van der Waals surface area contributed by atoms with Crippen molar-refractivity contribution in [3.63, 3.8) is 0 Å². The van der Waals surface area contributed by atoms with Crippen molar-refractivity contribution in [2.45, 2.75) is 46.5 Å². The predicted octanol–water partition coefficient (Wildman–Crippen LogP) is 4.06. The molecule has 1 N–H and O–H groups in total. The number of rotatable bonds is 13. The van der Waals surface area contributed by atoms with E-state index in [1.54, 1.807) is 0 Å². The summed E-state index contributed by atoms with van der Waals surface area (Å²) in [4.78, 5) is 14.6. The van der Waals surface area contributed by atoms with E-state index in [1.165, 1.54) is 24.8 Å². The molecule has 0 fully saturated rings. The standard InChI is InChI=1S/C24H43N3O/c1-20(2)9-8-10-21(3)19-22-11-13-23(14-12-22)24(28)25-15-17-27(6,7)18-16-26(4)5/h11-14,20-21H,8-10,15-19H2,1-7H3/p+1. The average molecular weight is 391 g/mol. The molecule has 0 saturated carbocycles. The molecule has 4 nitrogen and oxygen atoms in total. The molecule has 1 aromatic rings. The molecule has 28 heavy (non-hydrogen) atoms. The Hall–Kier alpha value is -1.39. The molecule has 0 bridgehead atoms. The van der Waals surface area contributed by atoms with Gasteiger partial charge in [-0.15, -0.1) is 0 Å². The third-order valence-electron chi connectivity index (χ3n) is 5.43. The molecular weight excluding hydrogens is 346 g/mol. The van der Waals surface area contributed by atoms with Crippen molar-refractivity contribution < 1.29 is 9.28 Å². The van der Waals surface area contributed by atoms with Gasteiger partial charge in [0.1, 0.15) is 0 Å². The fraction of sp³-hybridized carbons (Fsp3) is 0.708. The lowest BCUT2D eigenvalue weighted by Crippen LogP contribution is -2.48. The van der Waals surface area contributed by atoms with Crippen molar-refractivity contribution in [2.24, 2.45) is 11.8 Å². The summed E-state index contributed by atoms with van der Waals surface area (Å²) in [5.41, 5.74) is 2.09. The quantitative estimate of drug-likeness (QED) is 0.515. The first-order chi connectivity index (χ1) is 13.1. The van der Waals surface area contributed by atoms with Crippen molar-refractivity contribution in [1.29, 1.82) is 0 Å². The van der Waals surface area contributed by atoms with E-state index >= 15 is 0 Å². The Morgan fingerprint density at radius 3 is 2.25 bits per heavy atom. The van der Waals surface area contributed by atoms with E-state index in [1.807, 2.05) is 12.1 Å². The summed E-state index contributed by atoms with van der Waals surface area (Å²) < 4.78 is 0.909. The van der Waals surface area contributed by atoms with E-state index in [-0.39, 0.29) is 5.91 Å². The maximum atomic E-state index is 12.4. The number of hydrogen-bond donors (Lipinski definition) is 1. The minimum absolute atomic E-state index is 0.0316. The molecule has 1 rings (SSSR count). The molecule has 0 aromatic heterocycles. The van der Waals surface area contributed by atoms with Crippen LogP contribution in [0.2, 0.25) is 0 Å². The van der Waals surface area contributed by atoms with Gasteiger partial charge < -0.3 is 14.7 Å². The zero-order valence-electron chi connectivity index (χ0n) is 19.4. The minimum atomic E-state index is 0.0316. The van der Waals surface area contributed by atoms with Gasteiger partial charge in [-0.25, -0.2) is 0 Å². The van der Waals surface area contributed by atoms with Crippen LogP contribution in [0.25, 0.3) is 0 Å². The largest absolute Gasteiger partial charge is 0.346 e. The lowest BCUT2D eigenvalue weighted by Gasteiger charge is -2.31. The number of carbonyl (C=O) groups excluding carboxylic acids is 1. The van der Waals surface area contributed by atoms with E-state index in [4.69, 9.17) is 0 Å². The van der Waals surface area contributed by atoms with Gasteiger partial charge in [0.25, 0.3) is 5.91 Å². The lowest BCUT2D eigenvalue weighted by molar-refractivity contribution is -0.888. The highest BCUT2D eigenvalue weighted by Crippen LogP contribution is 2.17. The number of benzene rings is 1. The van der Waals surface area contributed by atoms with Crippen LogP contribution in [0.15, 0.2) is 24.3 Å². The molecule has 1 amide bonds. The first-order valence-electron chi connectivity index (χ1n) is 10.9. The molecular formula is C24H44N3O+. The first kappa shape index (κ1) is 24.6. The predicted molar refractivity (Wildman–Crippen MR) is 121 cm³/mol. The van der Waals surface area contributed by atoms with Crippen LogP contribution in [0.5, 0.6) is 0 Å². The molecule has 1 aromatic carbocycles. The number of nitrogens with zero attached hydrogens (tertiary/aromatic N) is 2. The van der Waals surface area contributed by atoms with Crippen LogP contribution in [0.1, 0.15) is 56.0 Å². The third kappa shape index (κ3) is 10.8. The molecule has 0 radical (unpaired) electrons. The summed E-state index contributed by atoms with van der Waals surface area (Å²) in [6.45, 7) is 10.7. The van der Waals surface area contributed by atoms with Crippen LogP contribution in [0.4, 0.5) is 0 Å². The molecule has 160 valence electrons. The van der Waals surface area contributed by atoms with E-state index in [0.29, 0.717) is 12.5 Å². The van der Waals surface area contributed by atoms with E-state index in [0.717, 1.165) is 42.0 Å². The fourth-order valence-electron chi connectivity index (χ4n) is 3.33. The molecule has 4 heteroatoms. The van der Waals surface area contributed by atoms with Gasteiger partial charge >= 0.3 is 0 Å². The minimum Gasteiger partial charge on any atom is -0.346 e. The molecule has 0 aliphatic heterocycles. The van der Waals surface area contributed by atoms with Crippen LogP contribution >= 0.6 is 0 Å². The number of hydrogen-bond acceptors (Lipinski definition) is 2. The van der Waals surface area contributed by atoms with Gasteiger partial charge in [-0.1, -0.05) is 52.2 Å². The number of nitrogens with one attached hydrogen (secondary N) is 1. The van der Waals surface area contributed by atoms with Gasteiger partial charge in [-0.3, -0.25) is 4.79 Å². The van der Waals surface area contributed by atoms with Gasteiger partial charge in [-0.2, -0.15) is 0 Å². The normalized spacial score (nSPS) is 13.2. The topological polar surface area (TPSA) is 32.3 Å². The van der Waals surface area contributed by atoms with Gasteiger partial charge in [-0.05, 0) is 50.0 Å². The zero-order chi connectivity index (χ0) is 21.2. The molecule has 1 atom stereocenters. The van der Waals surface area contributed by atoms with Gasteiger partial charge in [0, 0.05) is 12.1 Å². The Labute approximate surface area is 173 Å². The maximum Gasteiger partial charge on any atom is 0.251 e. The fourth-order valence-corrected chi connectivity index (χ4v) is 3.33. The summed E-state index contributed by atoms with van der Waals surface area (Å²) in [6.07, 6.45) is 5.00.